The lowest BCUT2D eigenvalue weighted by Crippen LogP contribution is -2.49. The molecule has 3 nitrogen and oxygen atoms in total. The quantitative estimate of drug-likeness (QED) is 0.744. The van der Waals surface area contributed by atoms with E-state index >= 15 is 0 Å². The smallest absolute Gasteiger partial charge is 0.0594 e. The van der Waals surface area contributed by atoms with Gasteiger partial charge >= 0.3 is 0 Å². The van der Waals surface area contributed by atoms with Gasteiger partial charge in [0.25, 0.3) is 0 Å². The van der Waals surface area contributed by atoms with Crippen LogP contribution < -0.4 is 0 Å². The molecule has 2 aliphatic rings. The summed E-state index contributed by atoms with van der Waals surface area (Å²) in [5.74, 6) is 1.29. The number of morpholine rings is 1. The second-order valence-electron chi connectivity index (χ2n) is 6.02. The van der Waals surface area contributed by atoms with Crippen LogP contribution in [-0.2, 0) is 4.74 Å². The first-order valence-electron chi connectivity index (χ1n) is 7.91. The van der Waals surface area contributed by atoms with Crippen LogP contribution in [0.15, 0.2) is 0 Å². The summed E-state index contributed by atoms with van der Waals surface area (Å²) in [5, 5.41) is 0.766. The molecule has 1 atom stereocenters. The zero-order valence-electron chi connectivity index (χ0n) is 12.6. The van der Waals surface area contributed by atoms with Crippen molar-refractivity contribution in [3.05, 3.63) is 0 Å². The van der Waals surface area contributed by atoms with Crippen LogP contribution >= 0.6 is 11.8 Å². The summed E-state index contributed by atoms with van der Waals surface area (Å²) in [6.45, 7) is 12.6. The number of hydrogen-bond donors (Lipinski definition) is 0. The molecule has 2 aliphatic heterocycles. The van der Waals surface area contributed by atoms with E-state index in [1.165, 1.54) is 44.6 Å². The van der Waals surface area contributed by atoms with Gasteiger partial charge in [-0.05, 0) is 24.6 Å². The van der Waals surface area contributed by atoms with Crippen molar-refractivity contribution in [3.8, 4) is 0 Å². The lowest BCUT2D eigenvalue weighted by Gasteiger charge is -2.39. The average molecular weight is 286 g/mol. The Morgan fingerprint density at radius 3 is 2.68 bits per heavy atom. The molecule has 2 saturated heterocycles. The zero-order chi connectivity index (χ0) is 13.5. The molecule has 0 saturated carbocycles. The highest BCUT2D eigenvalue weighted by atomic mass is 32.2. The zero-order valence-corrected chi connectivity index (χ0v) is 13.5. The maximum absolute atomic E-state index is 5.45. The molecule has 0 bridgehead atoms. The van der Waals surface area contributed by atoms with Crippen LogP contribution in [0.3, 0.4) is 0 Å². The minimum atomic E-state index is 0.766. The van der Waals surface area contributed by atoms with Gasteiger partial charge in [-0.1, -0.05) is 20.3 Å². The molecule has 0 aromatic carbocycles. The first kappa shape index (κ1) is 15.6. The van der Waals surface area contributed by atoms with Crippen molar-refractivity contribution in [3.63, 3.8) is 0 Å². The summed E-state index contributed by atoms with van der Waals surface area (Å²) < 4.78 is 5.45. The summed E-state index contributed by atoms with van der Waals surface area (Å²) in [7, 11) is 0. The Balaban J connectivity index is 1.74. The van der Waals surface area contributed by atoms with Crippen molar-refractivity contribution in [1.29, 1.82) is 0 Å². The molecular formula is C15H30N2OS. The maximum atomic E-state index is 5.45. The first-order valence-corrected chi connectivity index (χ1v) is 8.96. The topological polar surface area (TPSA) is 15.7 Å². The van der Waals surface area contributed by atoms with Crippen molar-refractivity contribution >= 4 is 11.8 Å². The van der Waals surface area contributed by atoms with Gasteiger partial charge in [0.1, 0.15) is 0 Å². The van der Waals surface area contributed by atoms with Gasteiger partial charge < -0.3 is 4.74 Å². The van der Waals surface area contributed by atoms with Crippen molar-refractivity contribution in [2.75, 3.05) is 51.7 Å². The van der Waals surface area contributed by atoms with E-state index in [1.807, 2.05) is 0 Å². The highest BCUT2D eigenvalue weighted by Crippen LogP contribution is 2.20. The number of ether oxygens (including phenoxy) is 1. The van der Waals surface area contributed by atoms with E-state index in [9.17, 15) is 0 Å². The third kappa shape index (κ3) is 5.62. The molecule has 2 heterocycles. The normalized spacial score (nSPS) is 27.0. The van der Waals surface area contributed by atoms with Gasteiger partial charge in [0.15, 0.2) is 0 Å². The number of likely N-dealkylation sites (tertiary alicyclic amines) is 1. The number of piperidine rings is 1. The molecular weight excluding hydrogens is 256 g/mol. The molecule has 4 heteroatoms. The predicted octanol–water partition coefficient (Wildman–Crippen LogP) is 2.31. The monoisotopic (exact) mass is 286 g/mol. The van der Waals surface area contributed by atoms with Crippen molar-refractivity contribution in [2.24, 2.45) is 0 Å². The molecule has 0 aromatic rings. The van der Waals surface area contributed by atoms with E-state index in [4.69, 9.17) is 4.74 Å². The van der Waals surface area contributed by atoms with E-state index in [2.05, 4.69) is 35.4 Å². The summed E-state index contributed by atoms with van der Waals surface area (Å²) in [5.41, 5.74) is 0. The van der Waals surface area contributed by atoms with Gasteiger partial charge in [0.05, 0.1) is 13.2 Å². The Kier molecular flexibility index (Phi) is 6.99. The second kappa shape index (κ2) is 8.50. The molecule has 112 valence electrons. The first-order chi connectivity index (χ1) is 9.25. The standard InChI is InChI=1S/C15H30N2OS/c1-14(2)19-12-9-17-6-4-3-5-15(17)13-16-7-10-18-11-8-16/h14-15H,3-13H2,1-2H3/t15-/m1/s1. The third-order valence-electron chi connectivity index (χ3n) is 4.15. The molecule has 0 aliphatic carbocycles. The SMILES string of the molecule is CC(C)SCCN1CCCC[C@@H]1CN1CCOCC1. The van der Waals surface area contributed by atoms with Crippen LogP contribution in [0.1, 0.15) is 33.1 Å². The number of thioether (sulfide) groups is 1. The Hall–Kier alpha value is 0.230. The third-order valence-corrected chi connectivity index (χ3v) is 5.24. The fraction of sp³-hybridized carbons (Fsp3) is 1.00. The summed E-state index contributed by atoms with van der Waals surface area (Å²) in [4.78, 5) is 5.34. The van der Waals surface area contributed by atoms with Crippen molar-refractivity contribution in [1.82, 2.24) is 9.80 Å². The van der Waals surface area contributed by atoms with Gasteiger partial charge in [-0.2, -0.15) is 11.8 Å². The Morgan fingerprint density at radius 2 is 1.95 bits per heavy atom. The van der Waals surface area contributed by atoms with E-state index < -0.39 is 0 Å². The van der Waals surface area contributed by atoms with Gasteiger partial charge in [0, 0.05) is 38.0 Å². The second-order valence-corrected chi connectivity index (χ2v) is 7.70. The van der Waals surface area contributed by atoms with Crippen molar-refractivity contribution < 1.29 is 4.74 Å². The highest BCUT2D eigenvalue weighted by Gasteiger charge is 2.24. The number of rotatable bonds is 6. The lowest BCUT2D eigenvalue weighted by molar-refractivity contribution is 0.0177. The van der Waals surface area contributed by atoms with Crippen LogP contribution in [0.5, 0.6) is 0 Å². The molecule has 0 unspecified atom stereocenters. The molecule has 0 spiro atoms. The van der Waals surface area contributed by atoms with E-state index in [0.29, 0.717) is 0 Å². The van der Waals surface area contributed by atoms with Crippen LogP contribution in [0.25, 0.3) is 0 Å². The summed E-state index contributed by atoms with van der Waals surface area (Å²) >= 11 is 2.10. The van der Waals surface area contributed by atoms with Gasteiger partial charge in [-0.15, -0.1) is 0 Å². The van der Waals surface area contributed by atoms with Gasteiger partial charge in [-0.25, -0.2) is 0 Å². The fourth-order valence-corrected chi connectivity index (χ4v) is 3.86. The minimum Gasteiger partial charge on any atom is -0.379 e. The predicted molar refractivity (Wildman–Crippen MR) is 84.1 cm³/mol. The fourth-order valence-electron chi connectivity index (χ4n) is 3.05. The number of nitrogens with zero attached hydrogens (tertiary/aromatic N) is 2. The molecule has 0 amide bonds. The molecule has 0 radical (unpaired) electrons. The van der Waals surface area contributed by atoms with Gasteiger partial charge in [-0.3, -0.25) is 9.80 Å². The average Bonchev–Trinajstić information content (AvgIpc) is 2.41. The highest BCUT2D eigenvalue weighted by molar-refractivity contribution is 7.99. The van der Waals surface area contributed by atoms with Crippen LogP contribution in [0.4, 0.5) is 0 Å². The summed E-state index contributed by atoms with van der Waals surface area (Å²) in [6.07, 6.45) is 4.21. The molecule has 19 heavy (non-hydrogen) atoms. The number of hydrogen-bond acceptors (Lipinski definition) is 4. The Labute approximate surface area is 123 Å². The van der Waals surface area contributed by atoms with Crippen LogP contribution in [-0.4, -0.2) is 72.8 Å². The molecule has 0 aromatic heterocycles. The van der Waals surface area contributed by atoms with Crippen molar-refractivity contribution in [2.45, 2.75) is 44.4 Å². The van der Waals surface area contributed by atoms with Crippen LogP contribution in [0.2, 0.25) is 0 Å². The Morgan fingerprint density at radius 1 is 1.16 bits per heavy atom. The maximum Gasteiger partial charge on any atom is 0.0594 e. The van der Waals surface area contributed by atoms with Gasteiger partial charge in [0.2, 0.25) is 0 Å². The largest absolute Gasteiger partial charge is 0.379 e. The summed E-state index contributed by atoms with van der Waals surface area (Å²) in [6, 6.07) is 0.791. The van der Waals surface area contributed by atoms with E-state index in [-0.39, 0.29) is 0 Å². The lowest BCUT2D eigenvalue weighted by atomic mass is 10.0. The Bertz CT molecular complexity index is 244. The molecule has 2 fully saturated rings. The minimum absolute atomic E-state index is 0.766. The van der Waals surface area contributed by atoms with E-state index in [0.717, 1.165) is 37.6 Å². The molecule has 0 N–H and O–H groups in total. The molecule has 2 rings (SSSR count). The van der Waals surface area contributed by atoms with E-state index in [1.54, 1.807) is 0 Å². The van der Waals surface area contributed by atoms with Crippen LogP contribution in [0, 0.1) is 0 Å².